The lowest BCUT2D eigenvalue weighted by molar-refractivity contribution is -0.384. The zero-order chi connectivity index (χ0) is 20.9. The van der Waals surface area contributed by atoms with Crippen LogP contribution < -0.4 is 10.2 Å². The van der Waals surface area contributed by atoms with Crippen LogP contribution in [0.1, 0.15) is 29.6 Å². The van der Waals surface area contributed by atoms with Gasteiger partial charge in [-0.3, -0.25) is 14.9 Å². The SMILES string of the molecule is O=C(Nc1ccccc1-c1ccccc1)c1cc([N+](=O)[O-])ccc1N1CCCCC1. The van der Waals surface area contributed by atoms with Crippen LogP contribution in [0.5, 0.6) is 0 Å². The fraction of sp³-hybridized carbons (Fsp3) is 0.208. The maximum atomic E-state index is 13.3. The van der Waals surface area contributed by atoms with E-state index in [2.05, 4.69) is 10.2 Å². The Balaban J connectivity index is 1.70. The highest BCUT2D eigenvalue weighted by Gasteiger charge is 2.22. The van der Waals surface area contributed by atoms with E-state index in [1.165, 1.54) is 12.1 Å². The van der Waals surface area contributed by atoms with Gasteiger partial charge >= 0.3 is 0 Å². The van der Waals surface area contributed by atoms with Gasteiger partial charge in [-0.15, -0.1) is 0 Å². The third-order valence-electron chi connectivity index (χ3n) is 5.39. The zero-order valence-electron chi connectivity index (χ0n) is 16.6. The summed E-state index contributed by atoms with van der Waals surface area (Å²) in [6.45, 7) is 1.69. The summed E-state index contributed by atoms with van der Waals surface area (Å²) in [6.07, 6.45) is 3.26. The van der Waals surface area contributed by atoms with Crippen LogP contribution in [0.2, 0.25) is 0 Å². The summed E-state index contributed by atoms with van der Waals surface area (Å²) in [5, 5.41) is 14.3. The first kappa shape index (κ1) is 19.6. The Kier molecular flexibility index (Phi) is 5.75. The molecule has 3 aromatic rings. The van der Waals surface area contributed by atoms with Crippen molar-refractivity contribution in [2.75, 3.05) is 23.3 Å². The van der Waals surface area contributed by atoms with Crippen molar-refractivity contribution in [1.29, 1.82) is 0 Å². The second-order valence-corrected chi connectivity index (χ2v) is 7.37. The number of nitro benzene ring substituents is 1. The monoisotopic (exact) mass is 401 g/mol. The minimum Gasteiger partial charge on any atom is -0.371 e. The largest absolute Gasteiger partial charge is 0.371 e. The first-order valence-corrected chi connectivity index (χ1v) is 10.1. The van der Waals surface area contributed by atoms with Crippen molar-refractivity contribution >= 4 is 23.0 Å². The Hall–Kier alpha value is -3.67. The molecule has 4 rings (SSSR count). The number of rotatable bonds is 5. The first-order chi connectivity index (χ1) is 14.6. The first-order valence-electron chi connectivity index (χ1n) is 10.1. The third-order valence-corrected chi connectivity index (χ3v) is 5.39. The van der Waals surface area contributed by atoms with Crippen molar-refractivity contribution in [3.8, 4) is 11.1 Å². The second-order valence-electron chi connectivity index (χ2n) is 7.37. The van der Waals surface area contributed by atoms with Gasteiger partial charge in [0.1, 0.15) is 0 Å². The summed E-state index contributed by atoms with van der Waals surface area (Å²) in [4.78, 5) is 26.3. The maximum absolute atomic E-state index is 13.3. The van der Waals surface area contributed by atoms with Crippen molar-refractivity contribution in [2.45, 2.75) is 19.3 Å². The number of nitrogens with zero attached hydrogens (tertiary/aromatic N) is 2. The van der Waals surface area contributed by atoms with E-state index in [0.717, 1.165) is 49.2 Å². The van der Waals surface area contributed by atoms with Gasteiger partial charge in [0.25, 0.3) is 11.6 Å². The number of nitro groups is 1. The lowest BCUT2D eigenvalue weighted by Gasteiger charge is -2.30. The molecule has 1 N–H and O–H groups in total. The number of benzene rings is 3. The van der Waals surface area contributed by atoms with Gasteiger partial charge in [0.15, 0.2) is 0 Å². The van der Waals surface area contributed by atoms with E-state index < -0.39 is 4.92 Å². The second kappa shape index (κ2) is 8.78. The highest BCUT2D eigenvalue weighted by atomic mass is 16.6. The lowest BCUT2D eigenvalue weighted by atomic mass is 10.0. The summed E-state index contributed by atoms with van der Waals surface area (Å²) in [5.41, 5.74) is 3.55. The van der Waals surface area contributed by atoms with Crippen molar-refractivity contribution in [3.05, 3.63) is 88.5 Å². The summed E-state index contributed by atoms with van der Waals surface area (Å²) in [6, 6.07) is 21.9. The number of para-hydroxylation sites is 1. The minimum atomic E-state index is -0.464. The van der Waals surface area contributed by atoms with E-state index in [0.29, 0.717) is 11.3 Å². The van der Waals surface area contributed by atoms with E-state index in [1.807, 2.05) is 54.6 Å². The standard InChI is InChI=1S/C24H23N3O3/c28-24(25-22-12-6-5-11-20(22)18-9-3-1-4-10-18)21-17-19(27(29)30)13-14-23(21)26-15-7-2-8-16-26/h1,3-6,9-14,17H,2,7-8,15-16H2,(H,25,28). The average molecular weight is 401 g/mol. The quantitative estimate of drug-likeness (QED) is 0.452. The molecule has 1 fully saturated rings. The van der Waals surface area contributed by atoms with Crippen molar-refractivity contribution in [2.24, 2.45) is 0 Å². The number of piperidine rings is 1. The van der Waals surface area contributed by atoms with Gasteiger partial charge in [-0.1, -0.05) is 48.5 Å². The molecule has 30 heavy (non-hydrogen) atoms. The van der Waals surface area contributed by atoms with Gasteiger partial charge in [0.05, 0.1) is 16.2 Å². The van der Waals surface area contributed by atoms with Gasteiger partial charge in [-0.05, 0) is 37.0 Å². The smallest absolute Gasteiger partial charge is 0.270 e. The van der Waals surface area contributed by atoms with E-state index in [1.54, 1.807) is 6.07 Å². The summed E-state index contributed by atoms with van der Waals surface area (Å²) in [5.74, 6) is -0.345. The molecule has 0 saturated carbocycles. The molecule has 1 aliphatic rings. The molecule has 1 heterocycles. The van der Waals surface area contributed by atoms with E-state index in [9.17, 15) is 14.9 Å². The number of nitrogens with one attached hydrogen (secondary N) is 1. The Labute approximate surface area is 175 Å². The highest BCUT2D eigenvalue weighted by molar-refractivity contribution is 6.10. The predicted molar refractivity (Wildman–Crippen MR) is 119 cm³/mol. The number of hydrogen-bond acceptors (Lipinski definition) is 4. The highest BCUT2D eigenvalue weighted by Crippen LogP contribution is 2.31. The summed E-state index contributed by atoms with van der Waals surface area (Å²) in [7, 11) is 0. The normalized spacial score (nSPS) is 13.7. The van der Waals surface area contributed by atoms with Crippen LogP contribution in [0.15, 0.2) is 72.8 Å². The van der Waals surface area contributed by atoms with Gasteiger partial charge < -0.3 is 10.2 Å². The van der Waals surface area contributed by atoms with Crippen molar-refractivity contribution in [3.63, 3.8) is 0 Å². The fourth-order valence-electron chi connectivity index (χ4n) is 3.88. The molecule has 0 bridgehead atoms. The zero-order valence-corrected chi connectivity index (χ0v) is 16.6. The van der Waals surface area contributed by atoms with Crippen molar-refractivity contribution in [1.82, 2.24) is 0 Å². The third kappa shape index (κ3) is 4.17. The fourth-order valence-corrected chi connectivity index (χ4v) is 3.88. The lowest BCUT2D eigenvalue weighted by Crippen LogP contribution is -2.31. The average Bonchev–Trinajstić information content (AvgIpc) is 2.80. The molecule has 3 aromatic carbocycles. The molecule has 1 amide bonds. The minimum absolute atomic E-state index is 0.0859. The van der Waals surface area contributed by atoms with Gasteiger partial charge in [0.2, 0.25) is 0 Å². The molecular weight excluding hydrogens is 378 g/mol. The van der Waals surface area contributed by atoms with Crippen LogP contribution in [0.3, 0.4) is 0 Å². The molecule has 0 radical (unpaired) electrons. The molecule has 6 heteroatoms. The van der Waals surface area contributed by atoms with E-state index >= 15 is 0 Å². The van der Waals surface area contributed by atoms with E-state index in [4.69, 9.17) is 0 Å². The molecule has 0 spiro atoms. The molecular formula is C24H23N3O3. The van der Waals surface area contributed by atoms with Crippen molar-refractivity contribution < 1.29 is 9.72 Å². The topological polar surface area (TPSA) is 75.5 Å². The molecule has 152 valence electrons. The van der Waals surface area contributed by atoms with E-state index in [-0.39, 0.29) is 11.6 Å². The van der Waals surface area contributed by atoms with Crippen LogP contribution >= 0.6 is 0 Å². The summed E-state index contributed by atoms with van der Waals surface area (Å²) >= 11 is 0. The number of hydrogen-bond donors (Lipinski definition) is 1. The van der Waals surface area contributed by atoms with Gasteiger partial charge in [0, 0.05) is 36.5 Å². The number of carbonyl (C=O) groups excluding carboxylic acids is 1. The molecule has 0 unspecified atom stereocenters. The predicted octanol–water partition coefficient (Wildman–Crippen LogP) is 5.50. The Bertz CT molecular complexity index is 1060. The van der Waals surface area contributed by atoms with Crippen LogP contribution in [0, 0.1) is 10.1 Å². The molecule has 0 aliphatic carbocycles. The molecule has 6 nitrogen and oxygen atoms in total. The molecule has 1 saturated heterocycles. The van der Waals surface area contributed by atoms with Crippen LogP contribution in [-0.4, -0.2) is 23.9 Å². The van der Waals surface area contributed by atoms with Crippen LogP contribution in [-0.2, 0) is 0 Å². The summed E-state index contributed by atoms with van der Waals surface area (Å²) < 4.78 is 0. The van der Waals surface area contributed by atoms with Crippen LogP contribution in [0.4, 0.5) is 17.1 Å². The number of non-ortho nitro benzene ring substituents is 1. The maximum Gasteiger partial charge on any atom is 0.270 e. The number of carbonyl (C=O) groups is 1. The molecule has 0 aromatic heterocycles. The Morgan fingerprint density at radius 2 is 1.60 bits per heavy atom. The van der Waals surface area contributed by atoms with Gasteiger partial charge in [-0.25, -0.2) is 0 Å². The Morgan fingerprint density at radius 3 is 2.33 bits per heavy atom. The van der Waals surface area contributed by atoms with Gasteiger partial charge in [-0.2, -0.15) is 0 Å². The van der Waals surface area contributed by atoms with Crippen LogP contribution in [0.25, 0.3) is 11.1 Å². The Morgan fingerprint density at radius 1 is 0.900 bits per heavy atom. The molecule has 1 aliphatic heterocycles. The molecule has 0 atom stereocenters. The number of amides is 1. The number of anilines is 2.